The van der Waals surface area contributed by atoms with E-state index in [9.17, 15) is 4.79 Å². The van der Waals surface area contributed by atoms with Crippen LogP contribution in [0.2, 0.25) is 10.0 Å². The highest BCUT2D eigenvalue weighted by Gasteiger charge is 2.32. The summed E-state index contributed by atoms with van der Waals surface area (Å²) in [7, 11) is 0. The van der Waals surface area contributed by atoms with E-state index in [4.69, 9.17) is 23.2 Å². The van der Waals surface area contributed by atoms with Crippen molar-refractivity contribution in [2.24, 2.45) is 5.92 Å². The van der Waals surface area contributed by atoms with Crippen LogP contribution in [0.3, 0.4) is 0 Å². The van der Waals surface area contributed by atoms with Gasteiger partial charge in [0.15, 0.2) is 0 Å². The first-order valence-electron chi connectivity index (χ1n) is 9.80. The molecule has 1 aromatic carbocycles. The lowest BCUT2D eigenvalue weighted by atomic mass is 9.81. The lowest BCUT2D eigenvalue weighted by molar-refractivity contribution is -0.130. The van der Waals surface area contributed by atoms with Gasteiger partial charge in [-0.1, -0.05) is 41.8 Å². The van der Waals surface area contributed by atoms with Gasteiger partial charge < -0.3 is 4.90 Å². The van der Waals surface area contributed by atoms with E-state index in [-0.39, 0.29) is 12.4 Å². The van der Waals surface area contributed by atoms with Crippen LogP contribution in [0.1, 0.15) is 44.1 Å². The van der Waals surface area contributed by atoms with Crippen LogP contribution in [0.4, 0.5) is 0 Å². The summed E-state index contributed by atoms with van der Waals surface area (Å²) in [6, 6.07) is 8.28. The van der Waals surface area contributed by atoms with Gasteiger partial charge in [-0.3, -0.25) is 9.78 Å². The number of rotatable bonds is 4. The lowest BCUT2D eigenvalue weighted by Gasteiger charge is -2.35. The van der Waals surface area contributed by atoms with Gasteiger partial charge in [-0.25, -0.2) is 0 Å². The van der Waals surface area contributed by atoms with Crippen LogP contribution >= 0.6 is 35.6 Å². The van der Waals surface area contributed by atoms with Gasteiger partial charge in [0, 0.05) is 47.6 Å². The number of aromatic nitrogens is 1. The van der Waals surface area contributed by atoms with Crippen LogP contribution in [-0.4, -0.2) is 28.4 Å². The zero-order valence-corrected chi connectivity index (χ0v) is 18.1. The van der Waals surface area contributed by atoms with Crippen LogP contribution < -0.4 is 0 Å². The molecule has 28 heavy (non-hydrogen) atoms. The maximum absolute atomic E-state index is 12.1. The van der Waals surface area contributed by atoms with Crippen molar-refractivity contribution in [1.29, 1.82) is 0 Å². The molecule has 2 unspecified atom stereocenters. The minimum Gasteiger partial charge on any atom is -0.340 e. The zero-order chi connectivity index (χ0) is 18.8. The van der Waals surface area contributed by atoms with Gasteiger partial charge >= 0.3 is 0 Å². The SMILES string of the molecule is Cl.O=C1CCCN1C1CCCC(Cc2ccc(Cl)c(-c3cccnc3)c2Cl)C1. The molecule has 1 saturated carbocycles. The van der Waals surface area contributed by atoms with Gasteiger partial charge in [0.05, 0.1) is 5.02 Å². The van der Waals surface area contributed by atoms with E-state index in [1.54, 1.807) is 12.4 Å². The van der Waals surface area contributed by atoms with Crippen molar-refractivity contribution in [2.45, 2.75) is 51.0 Å². The second-order valence-electron chi connectivity index (χ2n) is 7.72. The number of halogens is 3. The van der Waals surface area contributed by atoms with Gasteiger partial charge in [-0.05, 0) is 55.7 Å². The second kappa shape index (κ2) is 9.47. The molecule has 1 aromatic heterocycles. The molecule has 2 heterocycles. The van der Waals surface area contributed by atoms with Crippen molar-refractivity contribution in [1.82, 2.24) is 9.88 Å². The summed E-state index contributed by atoms with van der Waals surface area (Å²) in [5.74, 6) is 0.890. The van der Waals surface area contributed by atoms with Crippen molar-refractivity contribution in [3.05, 3.63) is 52.3 Å². The number of pyridine rings is 1. The molecule has 1 aliphatic carbocycles. The summed E-state index contributed by atoms with van der Waals surface area (Å²) in [4.78, 5) is 18.4. The third kappa shape index (κ3) is 4.48. The third-order valence-corrected chi connectivity index (χ3v) is 6.68. The van der Waals surface area contributed by atoms with Crippen LogP contribution in [0.15, 0.2) is 36.7 Å². The van der Waals surface area contributed by atoms with E-state index in [0.29, 0.717) is 22.9 Å². The molecule has 1 aliphatic heterocycles. The molecule has 0 bridgehead atoms. The maximum Gasteiger partial charge on any atom is 0.222 e. The summed E-state index contributed by atoms with van der Waals surface area (Å²) in [5, 5.41) is 1.39. The average molecular weight is 440 g/mol. The summed E-state index contributed by atoms with van der Waals surface area (Å²) >= 11 is 13.2. The smallest absolute Gasteiger partial charge is 0.222 e. The normalized spacial score (nSPS) is 22.2. The zero-order valence-electron chi connectivity index (χ0n) is 15.7. The lowest BCUT2D eigenvalue weighted by Crippen LogP contribution is -2.39. The van der Waals surface area contributed by atoms with Crippen molar-refractivity contribution in [3.63, 3.8) is 0 Å². The predicted molar refractivity (Wildman–Crippen MR) is 117 cm³/mol. The molecule has 1 amide bonds. The minimum atomic E-state index is 0. The quantitative estimate of drug-likeness (QED) is 0.568. The molecule has 150 valence electrons. The number of nitrogens with zero attached hydrogens (tertiary/aromatic N) is 2. The second-order valence-corrected chi connectivity index (χ2v) is 8.50. The van der Waals surface area contributed by atoms with Crippen LogP contribution in [-0.2, 0) is 11.2 Å². The molecule has 4 rings (SSSR count). The third-order valence-electron chi connectivity index (χ3n) is 5.94. The highest BCUT2D eigenvalue weighted by atomic mass is 35.5. The molecule has 0 N–H and O–H groups in total. The number of benzene rings is 1. The molecule has 2 fully saturated rings. The Kier molecular flexibility index (Phi) is 7.25. The average Bonchev–Trinajstić information content (AvgIpc) is 3.11. The fraction of sp³-hybridized carbons (Fsp3) is 0.455. The first-order valence-corrected chi connectivity index (χ1v) is 10.6. The number of carbonyl (C=O) groups excluding carboxylic acids is 1. The Balaban J connectivity index is 0.00000225. The van der Waals surface area contributed by atoms with Crippen molar-refractivity contribution in [2.75, 3.05) is 6.54 Å². The Labute approximate surface area is 182 Å². The van der Waals surface area contributed by atoms with Crippen LogP contribution in [0.5, 0.6) is 0 Å². The fourth-order valence-corrected chi connectivity index (χ4v) is 5.29. The number of hydrogen-bond acceptors (Lipinski definition) is 2. The maximum atomic E-state index is 12.1. The van der Waals surface area contributed by atoms with Gasteiger partial charge in [0.25, 0.3) is 0 Å². The Morgan fingerprint density at radius 2 is 2.00 bits per heavy atom. The standard InChI is InChI=1S/C22H24Cl2N2O.ClH/c23-19-9-8-16(22(24)21(19)17-5-2-10-25-14-17)12-15-4-1-6-18(13-15)26-11-3-7-20(26)27;/h2,5,8-10,14-15,18H,1,3-4,6-7,11-13H2;1H. The molecule has 3 nitrogen and oxygen atoms in total. The van der Waals surface area contributed by atoms with Crippen LogP contribution in [0.25, 0.3) is 11.1 Å². The molecule has 2 atom stereocenters. The van der Waals surface area contributed by atoms with E-state index >= 15 is 0 Å². The van der Waals surface area contributed by atoms with Crippen molar-refractivity contribution >= 4 is 41.5 Å². The molecule has 1 saturated heterocycles. The van der Waals surface area contributed by atoms with Crippen LogP contribution in [0, 0.1) is 5.92 Å². The first kappa shape index (κ1) is 21.4. The van der Waals surface area contributed by atoms with E-state index in [1.165, 1.54) is 12.8 Å². The summed E-state index contributed by atoms with van der Waals surface area (Å²) in [6.07, 6.45) is 10.8. The number of amides is 1. The van der Waals surface area contributed by atoms with Gasteiger partial charge in [0.1, 0.15) is 0 Å². The summed E-state index contributed by atoms with van der Waals surface area (Å²) < 4.78 is 0. The van der Waals surface area contributed by atoms with E-state index in [0.717, 1.165) is 60.4 Å². The molecule has 0 spiro atoms. The molecule has 6 heteroatoms. The van der Waals surface area contributed by atoms with Gasteiger partial charge in [-0.15, -0.1) is 12.4 Å². The number of carbonyl (C=O) groups is 1. The summed E-state index contributed by atoms with van der Waals surface area (Å²) in [5.41, 5.74) is 2.95. The Morgan fingerprint density at radius 1 is 1.14 bits per heavy atom. The Morgan fingerprint density at radius 3 is 2.71 bits per heavy atom. The van der Waals surface area contributed by atoms with Crippen molar-refractivity contribution < 1.29 is 4.79 Å². The molecule has 2 aliphatic rings. The highest BCUT2D eigenvalue weighted by molar-refractivity contribution is 6.39. The van der Waals surface area contributed by atoms with Gasteiger partial charge in [0.2, 0.25) is 5.91 Å². The Bertz CT molecular complexity index is 828. The molecular formula is C22H25Cl3N2O. The van der Waals surface area contributed by atoms with E-state index < -0.39 is 0 Å². The number of likely N-dealkylation sites (tertiary alicyclic amines) is 1. The number of hydrogen-bond donors (Lipinski definition) is 0. The van der Waals surface area contributed by atoms with Crippen molar-refractivity contribution in [3.8, 4) is 11.1 Å². The fourth-order valence-electron chi connectivity index (χ4n) is 4.63. The Hall–Kier alpha value is -1.29. The van der Waals surface area contributed by atoms with E-state index in [2.05, 4.69) is 16.0 Å². The minimum absolute atomic E-state index is 0. The predicted octanol–water partition coefficient (Wildman–Crippen LogP) is 6.20. The van der Waals surface area contributed by atoms with E-state index in [1.807, 2.05) is 18.2 Å². The molecule has 0 radical (unpaired) electrons. The molecular weight excluding hydrogens is 415 g/mol. The monoisotopic (exact) mass is 438 g/mol. The summed E-state index contributed by atoms with van der Waals surface area (Å²) in [6.45, 7) is 0.934. The molecule has 2 aromatic rings. The highest BCUT2D eigenvalue weighted by Crippen LogP contribution is 2.39. The van der Waals surface area contributed by atoms with Gasteiger partial charge in [-0.2, -0.15) is 0 Å². The topological polar surface area (TPSA) is 33.2 Å². The first-order chi connectivity index (χ1) is 13.1. The largest absolute Gasteiger partial charge is 0.340 e.